The van der Waals surface area contributed by atoms with Crippen molar-refractivity contribution in [2.75, 3.05) is 19.6 Å². The zero-order chi connectivity index (χ0) is 23.1. The van der Waals surface area contributed by atoms with Gasteiger partial charge in [0, 0.05) is 36.8 Å². The first-order valence-corrected chi connectivity index (χ1v) is 11.5. The number of amides is 2. The number of sulfonamides is 1. The molecule has 0 aromatic heterocycles. The number of nitrogens with one attached hydrogen (secondary N) is 1. The Kier molecular flexibility index (Phi) is 5.76. The summed E-state index contributed by atoms with van der Waals surface area (Å²) in [6.07, 6.45) is -4.22. The Morgan fingerprint density at radius 3 is 2.38 bits per heavy atom. The van der Waals surface area contributed by atoms with E-state index in [4.69, 9.17) is 11.6 Å². The molecule has 32 heavy (non-hydrogen) atoms. The van der Waals surface area contributed by atoms with E-state index in [0.717, 1.165) is 0 Å². The summed E-state index contributed by atoms with van der Waals surface area (Å²) >= 11 is 5.83. The van der Waals surface area contributed by atoms with Crippen molar-refractivity contribution < 1.29 is 31.1 Å². The van der Waals surface area contributed by atoms with Crippen LogP contribution in [0, 0.1) is 0 Å². The van der Waals surface area contributed by atoms with Crippen LogP contribution in [0.15, 0.2) is 53.4 Å². The normalized spacial score (nSPS) is 18.1. The number of carbonyl (C=O) groups excluding carboxylic acids is 1. The van der Waals surface area contributed by atoms with Gasteiger partial charge in [-0.05, 0) is 36.8 Å². The van der Waals surface area contributed by atoms with E-state index < -0.39 is 28.0 Å². The Hall–Kier alpha value is -2.50. The second-order valence-electron chi connectivity index (χ2n) is 7.68. The Labute approximate surface area is 187 Å². The lowest BCUT2D eigenvalue weighted by Gasteiger charge is -2.61. The average Bonchev–Trinajstić information content (AvgIpc) is 2.64. The highest BCUT2D eigenvalue weighted by atomic mass is 35.5. The van der Waals surface area contributed by atoms with Gasteiger partial charge in [-0.25, -0.2) is 13.2 Å². The molecule has 1 N–H and O–H groups in total. The maximum absolute atomic E-state index is 12.9. The molecule has 2 saturated heterocycles. The van der Waals surface area contributed by atoms with Crippen molar-refractivity contribution in [3.05, 3.63) is 59.1 Å². The summed E-state index contributed by atoms with van der Waals surface area (Å²) in [6.45, 7) is 0.586. The van der Waals surface area contributed by atoms with Crippen molar-refractivity contribution in [3.8, 4) is 5.75 Å². The molecule has 2 fully saturated rings. The van der Waals surface area contributed by atoms with Gasteiger partial charge in [0.2, 0.25) is 10.0 Å². The summed E-state index contributed by atoms with van der Waals surface area (Å²) in [5, 5.41) is 2.99. The minimum Gasteiger partial charge on any atom is -0.405 e. The number of halogens is 4. The molecular weight excluding hydrogens is 471 g/mol. The monoisotopic (exact) mass is 489 g/mol. The lowest BCUT2D eigenvalue weighted by molar-refractivity contribution is -0.274. The molecule has 2 aliphatic rings. The number of hydrogen-bond donors (Lipinski definition) is 1. The van der Waals surface area contributed by atoms with Gasteiger partial charge in [0.25, 0.3) is 0 Å². The van der Waals surface area contributed by atoms with Crippen molar-refractivity contribution in [3.63, 3.8) is 0 Å². The van der Waals surface area contributed by atoms with Crippen LogP contribution in [0.4, 0.5) is 18.0 Å². The predicted octanol–water partition coefficient (Wildman–Crippen LogP) is 3.60. The molecule has 0 saturated carbocycles. The molecule has 12 heteroatoms. The third-order valence-corrected chi connectivity index (χ3v) is 7.87. The van der Waals surface area contributed by atoms with Crippen LogP contribution in [-0.4, -0.2) is 55.2 Å². The molecule has 1 spiro atoms. The van der Waals surface area contributed by atoms with Gasteiger partial charge in [0.15, 0.2) is 0 Å². The van der Waals surface area contributed by atoms with Crippen LogP contribution in [0.3, 0.4) is 0 Å². The molecule has 0 atom stereocenters. The molecule has 2 aromatic carbocycles. The number of nitrogens with zero attached hydrogens (tertiary/aromatic N) is 2. The van der Waals surface area contributed by atoms with Crippen molar-refractivity contribution in [2.24, 2.45) is 0 Å². The summed E-state index contributed by atoms with van der Waals surface area (Å²) in [6, 6.07) is 10.9. The molecule has 172 valence electrons. The van der Waals surface area contributed by atoms with Crippen LogP contribution in [0.1, 0.15) is 12.0 Å². The maximum atomic E-state index is 12.9. The van der Waals surface area contributed by atoms with Crippen molar-refractivity contribution in [2.45, 2.75) is 29.8 Å². The van der Waals surface area contributed by atoms with E-state index in [2.05, 4.69) is 10.1 Å². The van der Waals surface area contributed by atoms with Gasteiger partial charge in [0.05, 0.1) is 10.4 Å². The van der Waals surface area contributed by atoms with Gasteiger partial charge in [0.1, 0.15) is 5.75 Å². The summed E-state index contributed by atoms with van der Waals surface area (Å²) in [5.41, 5.74) is -0.489. The summed E-state index contributed by atoms with van der Waals surface area (Å²) < 4.78 is 68.9. The van der Waals surface area contributed by atoms with E-state index >= 15 is 0 Å². The lowest BCUT2D eigenvalue weighted by Crippen LogP contribution is -2.78. The molecule has 2 heterocycles. The van der Waals surface area contributed by atoms with Crippen LogP contribution >= 0.6 is 11.6 Å². The molecule has 0 aliphatic carbocycles. The minimum absolute atomic E-state index is 0.130. The highest BCUT2D eigenvalue weighted by Gasteiger charge is 2.59. The van der Waals surface area contributed by atoms with Gasteiger partial charge in [-0.15, -0.1) is 13.2 Å². The summed E-state index contributed by atoms with van der Waals surface area (Å²) in [7, 11) is -3.72. The number of hydrogen-bond acceptors (Lipinski definition) is 4. The molecular formula is C20H19ClF3N3O4S. The maximum Gasteiger partial charge on any atom is 0.573 e. The summed E-state index contributed by atoms with van der Waals surface area (Å²) in [4.78, 5) is 14.0. The zero-order valence-electron chi connectivity index (χ0n) is 16.6. The van der Waals surface area contributed by atoms with E-state index in [1.807, 2.05) is 0 Å². The fraction of sp³-hybridized carbons (Fsp3) is 0.350. The number of likely N-dealkylation sites (tertiary alicyclic amines) is 1. The first-order valence-electron chi connectivity index (χ1n) is 9.65. The molecule has 7 nitrogen and oxygen atoms in total. The fourth-order valence-corrected chi connectivity index (χ4v) is 5.82. The van der Waals surface area contributed by atoms with Crippen LogP contribution in [0.25, 0.3) is 0 Å². The molecule has 4 rings (SSSR count). The zero-order valence-corrected chi connectivity index (χ0v) is 18.2. The largest absolute Gasteiger partial charge is 0.573 e. The minimum atomic E-state index is -4.84. The number of para-hydroxylation sites is 1. The van der Waals surface area contributed by atoms with Crippen LogP contribution < -0.4 is 10.1 Å². The van der Waals surface area contributed by atoms with E-state index in [0.29, 0.717) is 18.0 Å². The average molecular weight is 490 g/mol. The standard InChI is InChI=1S/C20H19ClF3N3O4S/c21-15-5-7-16(8-6-15)32(29,30)27-10-9-19(27)12-26(13-19)18(28)25-11-14-3-1-2-4-17(14)31-20(22,23)24/h1-8H,9-13H2,(H,25,28). The van der Waals surface area contributed by atoms with Gasteiger partial charge < -0.3 is 15.0 Å². The SMILES string of the molecule is O=C(NCc1ccccc1OC(F)(F)F)N1CC2(CCN2S(=O)(=O)c2ccc(Cl)cc2)C1. The Bertz CT molecular complexity index is 1120. The Morgan fingerprint density at radius 2 is 1.78 bits per heavy atom. The number of rotatable bonds is 5. The van der Waals surface area contributed by atoms with Crippen molar-refractivity contribution in [1.29, 1.82) is 0 Å². The number of urea groups is 1. The smallest absolute Gasteiger partial charge is 0.405 e. The number of ether oxygens (including phenoxy) is 1. The predicted molar refractivity (Wildman–Crippen MR) is 110 cm³/mol. The van der Waals surface area contributed by atoms with Crippen LogP contribution in [0.2, 0.25) is 5.02 Å². The third-order valence-electron chi connectivity index (χ3n) is 5.60. The van der Waals surface area contributed by atoms with E-state index in [1.165, 1.54) is 57.7 Å². The van der Waals surface area contributed by atoms with Crippen LogP contribution in [0.5, 0.6) is 5.75 Å². The van der Waals surface area contributed by atoms with Crippen LogP contribution in [-0.2, 0) is 16.6 Å². The fourth-order valence-electron chi connectivity index (χ4n) is 3.91. The van der Waals surface area contributed by atoms with Gasteiger partial charge in [-0.1, -0.05) is 29.8 Å². The summed E-state index contributed by atoms with van der Waals surface area (Å²) in [5.74, 6) is -0.389. The third kappa shape index (κ3) is 4.37. The lowest BCUT2D eigenvalue weighted by atomic mass is 9.80. The first-order chi connectivity index (χ1) is 15.0. The highest BCUT2D eigenvalue weighted by Crippen LogP contribution is 2.43. The van der Waals surface area contributed by atoms with Gasteiger partial charge >= 0.3 is 12.4 Å². The highest BCUT2D eigenvalue weighted by molar-refractivity contribution is 7.89. The van der Waals surface area contributed by atoms with Crippen molar-refractivity contribution >= 4 is 27.7 Å². The topological polar surface area (TPSA) is 79.0 Å². The van der Waals surface area contributed by atoms with Gasteiger partial charge in [-0.3, -0.25) is 0 Å². The Morgan fingerprint density at radius 1 is 1.12 bits per heavy atom. The second kappa shape index (κ2) is 8.13. The molecule has 0 radical (unpaired) electrons. The molecule has 2 aromatic rings. The number of alkyl halides is 3. The van der Waals surface area contributed by atoms with Gasteiger partial charge in [-0.2, -0.15) is 4.31 Å². The number of carbonyl (C=O) groups is 1. The first kappa shape index (κ1) is 22.7. The number of benzene rings is 2. The second-order valence-corrected chi connectivity index (χ2v) is 9.97. The van der Waals surface area contributed by atoms with E-state index in [-0.39, 0.29) is 35.8 Å². The molecule has 2 amide bonds. The quantitative estimate of drug-likeness (QED) is 0.696. The molecule has 2 aliphatic heterocycles. The van der Waals surface area contributed by atoms with E-state index in [1.54, 1.807) is 0 Å². The molecule has 0 bridgehead atoms. The van der Waals surface area contributed by atoms with E-state index in [9.17, 15) is 26.4 Å². The Balaban J connectivity index is 1.36. The molecule has 0 unspecified atom stereocenters. The van der Waals surface area contributed by atoms with Crippen molar-refractivity contribution in [1.82, 2.24) is 14.5 Å².